The molecule has 1 amide bonds. The van der Waals surface area contributed by atoms with Gasteiger partial charge in [0.2, 0.25) is 0 Å². The molecule has 3 heterocycles. The van der Waals surface area contributed by atoms with E-state index in [1.54, 1.807) is 6.07 Å². The SMILES string of the molecule is CC(C)c1cc(C(=O)N2CC[C@H]3CC[C@@H](C2)N3)no1. The fourth-order valence-corrected chi connectivity index (χ4v) is 2.95. The molecule has 2 fully saturated rings. The number of carbonyl (C=O) groups is 1. The molecular weight excluding hydrogens is 242 g/mol. The quantitative estimate of drug-likeness (QED) is 0.883. The van der Waals surface area contributed by atoms with Crippen molar-refractivity contribution in [2.45, 2.75) is 51.1 Å². The smallest absolute Gasteiger partial charge is 0.276 e. The van der Waals surface area contributed by atoms with Crippen molar-refractivity contribution in [3.63, 3.8) is 0 Å². The number of aromatic nitrogens is 1. The van der Waals surface area contributed by atoms with E-state index in [1.807, 2.05) is 18.7 Å². The Morgan fingerprint density at radius 1 is 1.42 bits per heavy atom. The second-order valence-corrected chi connectivity index (χ2v) is 5.95. The lowest BCUT2D eigenvalue weighted by Crippen LogP contribution is -2.39. The van der Waals surface area contributed by atoms with Crippen LogP contribution in [-0.2, 0) is 0 Å². The maximum atomic E-state index is 12.4. The Labute approximate surface area is 113 Å². The van der Waals surface area contributed by atoms with Crippen LogP contribution < -0.4 is 5.32 Å². The van der Waals surface area contributed by atoms with Gasteiger partial charge in [0.15, 0.2) is 5.69 Å². The Hall–Kier alpha value is -1.36. The minimum absolute atomic E-state index is 0.00463. The lowest BCUT2D eigenvalue weighted by Gasteiger charge is -2.23. The molecule has 2 atom stereocenters. The second-order valence-electron chi connectivity index (χ2n) is 5.95. The number of rotatable bonds is 2. The summed E-state index contributed by atoms with van der Waals surface area (Å²) in [5.41, 5.74) is 0.446. The van der Waals surface area contributed by atoms with Crippen LogP contribution in [0.3, 0.4) is 0 Å². The van der Waals surface area contributed by atoms with Crippen molar-refractivity contribution in [2.75, 3.05) is 13.1 Å². The van der Waals surface area contributed by atoms with Crippen LogP contribution in [0.1, 0.15) is 55.3 Å². The summed E-state index contributed by atoms with van der Waals surface area (Å²) in [4.78, 5) is 14.4. The molecule has 2 aliphatic heterocycles. The van der Waals surface area contributed by atoms with Crippen molar-refractivity contribution in [1.29, 1.82) is 0 Å². The van der Waals surface area contributed by atoms with Gasteiger partial charge in [-0.3, -0.25) is 4.79 Å². The highest BCUT2D eigenvalue weighted by Gasteiger charge is 2.32. The lowest BCUT2D eigenvalue weighted by atomic mass is 10.1. The molecule has 2 saturated heterocycles. The van der Waals surface area contributed by atoms with Gasteiger partial charge >= 0.3 is 0 Å². The van der Waals surface area contributed by atoms with Gasteiger partial charge in [-0.05, 0) is 19.3 Å². The zero-order valence-electron chi connectivity index (χ0n) is 11.6. The third-order valence-corrected chi connectivity index (χ3v) is 4.13. The van der Waals surface area contributed by atoms with Crippen LogP contribution in [-0.4, -0.2) is 41.1 Å². The predicted octanol–water partition coefficient (Wildman–Crippen LogP) is 1.76. The van der Waals surface area contributed by atoms with Crippen LogP contribution in [0.25, 0.3) is 0 Å². The van der Waals surface area contributed by atoms with E-state index < -0.39 is 0 Å². The van der Waals surface area contributed by atoms with Gasteiger partial charge in [-0.25, -0.2) is 0 Å². The Morgan fingerprint density at radius 3 is 2.95 bits per heavy atom. The monoisotopic (exact) mass is 263 g/mol. The topological polar surface area (TPSA) is 58.4 Å². The van der Waals surface area contributed by atoms with Crippen molar-refractivity contribution in [2.24, 2.45) is 0 Å². The van der Waals surface area contributed by atoms with E-state index >= 15 is 0 Å². The second kappa shape index (κ2) is 4.96. The molecule has 1 aromatic rings. The van der Waals surface area contributed by atoms with Crippen molar-refractivity contribution in [3.8, 4) is 0 Å². The first kappa shape index (κ1) is 12.7. The third-order valence-electron chi connectivity index (χ3n) is 4.13. The van der Waals surface area contributed by atoms with Gasteiger partial charge in [-0.2, -0.15) is 0 Å². The van der Waals surface area contributed by atoms with Crippen LogP contribution in [0, 0.1) is 0 Å². The summed E-state index contributed by atoms with van der Waals surface area (Å²) in [5.74, 6) is 1.04. The average molecular weight is 263 g/mol. The van der Waals surface area contributed by atoms with E-state index in [0.29, 0.717) is 17.8 Å². The van der Waals surface area contributed by atoms with Crippen molar-refractivity contribution >= 4 is 5.91 Å². The molecule has 2 bridgehead atoms. The number of hydrogen-bond acceptors (Lipinski definition) is 4. The van der Waals surface area contributed by atoms with Crippen LogP contribution in [0.5, 0.6) is 0 Å². The van der Waals surface area contributed by atoms with Gasteiger partial charge in [0.1, 0.15) is 5.76 Å². The van der Waals surface area contributed by atoms with Gasteiger partial charge in [0.25, 0.3) is 5.91 Å². The van der Waals surface area contributed by atoms with E-state index in [0.717, 1.165) is 25.3 Å². The molecule has 19 heavy (non-hydrogen) atoms. The van der Waals surface area contributed by atoms with E-state index in [4.69, 9.17) is 4.52 Å². The minimum atomic E-state index is 0.00463. The maximum absolute atomic E-state index is 12.4. The molecule has 104 valence electrons. The number of carbonyl (C=O) groups excluding carboxylic acids is 1. The lowest BCUT2D eigenvalue weighted by molar-refractivity contribution is 0.0737. The first-order chi connectivity index (χ1) is 9.13. The molecule has 2 aliphatic rings. The summed E-state index contributed by atoms with van der Waals surface area (Å²) in [6.45, 7) is 5.67. The van der Waals surface area contributed by atoms with Crippen LogP contribution in [0.15, 0.2) is 10.6 Å². The predicted molar refractivity (Wildman–Crippen MR) is 71.1 cm³/mol. The highest BCUT2D eigenvalue weighted by molar-refractivity contribution is 5.92. The van der Waals surface area contributed by atoms with Crippen molar-refractivity contribution in [3.05, 3.63) is 17.5 Å². The van der Waals surface area contributed by atoms with E-state index in [-0.39, 0.29) is 11.8 Å². The van der Waals surface area contributed by atoms with Crippen LogP contribution in [0.4, 0.5) is 0 Å². The van der Waals surface area contributed by atoms with Gasteiger partial charge < -0.3 is 14.7 Å². The maximum Gasteiger partial charge on any atom is 0.276 e. The molecule has 0 aromatic carbocycles. The molecule has 1 aromatic heterocycles. The fourth-order valence-electron chi connectivity index (χ4n) is 2.95. The Kier molecular flexibility index (Phi) is 3.31. The van der Waals surface area contributed by atoms with Crippen LogP contribution in [0.2, 0.25) is 0 Å². The highest BCUT2D eigenvalue weighted by Crippen LogP contribution is 2.22. The zero-order valence-corrected chi connectivity index (χ0v) is 11.6. The number of nitrogens with zero attached hydrogens (tertiary/aromatic N) is 2. The number of fused-ring (bicyclic) bond motifs is 2. The molecule has 1 N–H and O–H groups in total. The summed E-state index contributed by atoms with van der Waals surface area (Å²) in [6.07, 6.45) is 3.45. The molecule has 0 saturated carbocycles. The molecule has 0 aliphatic carbocycles. The minimum Gasteiger partial charge on any atom is -0.360 e. The summed E-state index contributed by atoms with van der Waals surface area (Å²) in [6, 6.07) is 2.82. The number of hydrogen-bond donors (Lipinski definition) is 1. The molecule has 3 rings (SSSR count). The van der Waals surface area contributed by atoms with Gasteiger partial charge in [-0.15, -0.1) is 0 Å². The van der Waals surface area contributed by atoms with Gasteiger partial charge in [0, 0.05) is 37.2 Å². The summed E-state index contributed by atoms with van der Waals surface area (Å²) in [5, 5.41) is 7.49. The fraction of sp³-hybridized carbons (Fsp3) is 0.714. The van der Waals surface area contributed by atoms with E-state index in [9.17, 15) is 4.79 Å². The largest absolute Gasteiger partial charge is 0.360 e. The number of likely N-dealkylation sites (tertiary alicyclic amines) is 1. The number of amides is 1. The molecule has 0 spiro atoms. The average Bonchev–Trinajstić information content (AvgIpc) is 2.95. The Bertz CT molecular complexity index is 469. The first-order valence-corrected chi connectivity index (χ1v) is 7.15. The first-order valence-electron chi connectivity index (χ1n) is 7.15. The number of nitrogens with one attached hydrogen (secondary N) is 1. The van der Waals surface area contributed by atoms with Crippen molar-refractivity contribution in [1.82, 2.24) is 15.4 Å². The highest BCUT2D eigenvalue weighted by atomic mass is 16.5. The van der Waals surface area contributed by atoms with E-state index in [1.165, 1.54) is 12.8 Å². The van der Waals surface area contributed by atoms with Crippen molar-refractivity contribution < 1.29 is 9.32 Å². The zero-order chi connectivity index (χ0) is 13.4. The van der Waals surface area contributed by atoms with Crippen LogP contribution >= 0.6 is 0 Å². The summed E-state index contributed by atoms with van der Waals surface area (Å²) in [7, 11) is 0. The third kappa shape index (κ3) is 2.52. The van der Waals surface area contributed by atoms with Gasteiger partial charge in [0.05, 0.1) is 0 Å². The standard InChI is InChI=1S/C14H21N3O2/c1-9(2)13-7-12(16-19-13)14(18)17-6-5-10-3-4-11(8-17)15-10/h7,9-11,15H,3-6,8H2,1-2H3/t10-,11+/m1/s1. The summed E-state index contributed by atoms with van der Waals surface area (Å²) >= 11 is 0. The normalized spacial score (nSPS) is 26.8. The molecule has 0 unspecified atom stereocenters. The van der Waals surface area contributed by atoms with Gasteiger partial charge in [-0.1, -0.05) is 19.0 Å². The molecule has 5 heteroatoms. The molecule has 0 radical (unpaired) electrons. The summed E-state index contributed by atoms with van der Waals surface area (Å²) < 4.78 is 5.22. The Balaban J connectivity index is 1.72. The van der Waals surface area contributed by atoms with E-state index in [2.05, 4.69) is 10.5 Å². The Morgan fingerprint density at radius 2 is 2.21 bits per heavy atom. The molecular formula is C14H21N3O2. The molecule has 5 nitrogen and oxygen atoms in total.